The van der Waals surface area contributed by atoms with Crippen LogP contribution in [0.1, 0.15) is 30.7 Å². The van der Waals surface area contributed by atoms with Gasteiger partial charge in [-0.3, -0.25) is 4.79 Å². The summed E-state index contributed by atoms with van der Waals surface area (Å²) in [6.07, 6.45) is 6.82. The molecule has 2 bridgehead atoms. The maximum Gasteiger partial charge on any atom is 0.303 e. The van der Waals surface area contributed by atoms with Gasteiger partial charge in [0, 0.05) is 12.1 Å². The standard InChI is InChI=1S/C16H19NO2/c17-13-5-3-10(4-6-13)16-12-2-1-11(9-12)14(16)7-8-15(18)19/h1-6,11-12,14,16H,7-9,17H2,(H,18,19). The molecular formula is C16H19NO2. The molecule has 3 N–H and O–H groups in total. The van der Waals surface area contributed by atoms with Gasteiger partial charge in [-0.15, -0.1) is 0 Å². The summed E-state index contributed by atoms with van der Waals surface area (Å²) in [4.78, 5) is 10.8. The van der Waals surface area contributed by atoms with E-state index in [-0.39, 0.29) is 6.42 Å². The average molecular weight is 257 g/mol. The molecule has 4 atom stereocenters. The van der Waals surface area contributed by atoms with E-state index in [2.05, 4.69) is 24.3 Å². The number of nitrogen functional groups attached to an aromatic ring is 1. The minimum Gasteiger partial charge on any atom is -0.481 e. The number of hydrogen-bond acceptors (Lipinski definition) is 2. The summed E-state index contributed by atoms with van der Waals surface area (Å²) in [5.41, 5.74) is 7.83. The Labute approximate surface area is 113 Å². The summed E-state index contributed by atoms with van der Waals surface area (Å²) in [6, 6.07) is 8.09. The fraction of sp³-hybridized carbons (Fsp3) is 0.438. The Hall–Kier alpha value is -1.77. The highest BCUT2D eigenvalue weighted by Crippen LogP contribution is 2.54. The molecule has 2 aliphatic rings. The molecule has 0 radical (unpaired) electrons. The van der Waals surface area contributed by atoms with Crippen molar-refractivity contribution in [1.29, 1.82) is 0 Å². The van der Waals surface area contributed by atoms with Crippen molar-refractivity contribution in [1.82, 2.24) is 0 Å². The lowest BCUT2D eigenvalue weighted by Gasteiger charge is -2.28. The molecule has 2 aliphatic carbocycles. The molecule has 0 heterocycles. The number of nitrogens with two attached hydrogens (primary N) is 1. The van der Waals surface area contributed by atoms with Gasteiger partial charge in [0.05, 0.1) is 0 Å². The van der Waals surface area contributed by atoms with E-state index >= 15 is 0 Å². The van der Waals surface area contributed by atoms with Gasteiger partial charge in [-0.1, -0.05) is 24.3 Å². The minimum atomic E-state index is -0.692. The molecule has 0 saturated heterocycles. The first kappa shape index (κ1) is 12.3. The van der Waals surface area contributed by atoms with E-state index in [9.17, 15) is 4.79 Å². The topological polar surface area (TPSA) is 63.3 Å². The number of carboxylic acid groups (broad SMARTS) is 1. The lowest BCUT2D eigenvalue weighted by molar-refractivity contribution is -0.137. The first-order chi connectivity index (χ1) is 9.15. The lowest BCUT2D eigenvalue weighted by Crippen LogP contribution is -2.19. The van der Waals surface area contributed by atoms with E-state index in [4.69, 9.17) is 10.8 Å². The predicted molar refractivity (Wildman–Crippen MR) is 74.7 cm³/mol. The molecule has 3 rings (SSSR count). The maximum absolute atomic E-state index is 10.8. The second-order valence-electron chi connectivity index (χ2n) is 5.74. The van der Waals surface area contributed by atoms with Crippen LogP contribution in [-0.2, 0) is 4.79 Å². The Morgan fingerprint density at radius 3 is 2.58 bits per heavy atom. The molecule has 19 heavy (non-hydrogen) atoms. The number of fused-ring (bicyclic) bond motifs is 2. The summed E-state index contributed by atoms with van der Waals surface area (Å²) >= 11 is 0. The lowest BCUT2D eigenvalue weighted by atomic mass is 9.76. The van der Waals surface area contributed by atoms with Crippen LogP contribution in [0.4, 0.5) is 5.69 Å². The monoisotopic (exact) mass is 257 g/mol. The fourth-order valence-corrected chi connectivity index (χ4v) is 3.82. The summed E-state index contributed by atoms with van der Waals surface area (Å²) in [5, 5.41) is 8.90. The van der Waals surface area contributed by atoms with E-state index < -0.39 is 5.97 Å². The Morgan fingerprint density at radius 1 is 1.21 bits per heavy atom. The van der Waals surface area contributed by atoms with Gasteiger partial charge in [-0.25, -0.2) is 0 Å². The molecule has 4 unspecified atom stereocenters. The van der Waals surface area contributed by atoms with Gasteiger partial charge in [0.15, 0.2) is 0 Å². The van der Waals surface area contributed by atoms with Crippen LogP contribution in [0, 0.1) is 17.8 Å². The third-order valence-electron chi connectivity index (χ3n) is 4.64. The van der Waals surface area contributed by atoms with Crippen molar-refractivity contribution in [2.24, 2.45) is 17.8 Å². The van der Waals surface area contributed by atoms with Gasteiger partial charge in [0.25, 0.3) is 0 Å². The smallest absolute Gasteiger partial charge is 0.303 e. The zero-order chi connectivity index (χ0) is 13.4. The number of allylic oxidation sites excluding steroid dienone is 2. The van der Waals surface area contributed by atoms with Crippen LogP contribution in [0.2, 0.25) is 0 Å². The number of anilines is 1. The van der Waals surface area contributed by atoms with Crippen molar-refractivity contribution in [3.63, 3.8) is 0 Å². The average Bonchev–Trinajstić information content (AvgIpc) is 2.97. The molecule has 1 saturated carbocycles. The largest absolute Gasteiger partial charge is 0.481 e. The second-order valence-corrected chi connectivity index (χ2v) is 5.74. The maximum atomic E-state index is 10.8. The SMILES string of the molecule is Nc1ccc(C2C3C=CC(C3)C2CCC(=O)O)cc1. The number of carbonyl (C=O) groups is 1. The molecule has 0 aliphatic heterocycles. The molecule has 3 heteroatoms. The molecule has 0 amide bonds. The van der Waals surface area contributed by atoms with Crippen molar-refractivity contribution in [2.75, 3.05) is 5.73 Å². The quantitative estimate of drug-likeness (QED) is 0.643. The van der Waals surface area contributed by atoms with Gasteiger partial charge in [0.2, 0.25) is 0 Å². The first-order valence-corrected chi connectivity index (χ1v) is 6.90. The van der Waals surface area contributed by atoms with Gasteiger partial charge >= 0.3 is 5.97 Å². The van der Waals surface area contributed by atoms with Gasteiger partial charge in [-0.05, 0) is 54.2 Å². The van der Waals surface area contributed by atoms with Gasteiger partial charge in [-0.2, -0.15) is 0 Å². The van der Waals surface area contributed by atoms with Crippen molar-refractivity contribution in [3.05, 3.63) is 42.0 Å². The third-order valence-corrected chi connectivity index (χ3v) is 4.64. The van der Waals surface area contributed by atoms with Crippen LogP contribution in [0.15, 0.2) is 36.4 Å². The van der Waals surface area contributed by atoms with Crippen molar-refractivity contribution >= 4 is 11.7 Å². The second kappa shape index (κ2) is 4.72. The van der Waals surface area contributed by atoms with Crippen molar-refractivity contribution < 1.29 is 9.90 Å². The number of aliphatic carboxylic acids is 1. The highest BCUT2D eigenvalue weighted by molar-refractivity contribution is 5.66. The first-order valence-electron chi connectivity index (χ1n) is 6.90. The van der Waals surface area contributed by atoms with E-state index in [0.29, 0.717) is 23.7 Å². The number of hydrogen-bond donors (Lipinski definition) is 2. The molecule has 100 valence electrons. The summed E-state index contributed by atoms with van der Waals surface area (Å²) in [6.45, 7) is 0. The molecule has 1 fully saturated rings. The number of benzene rings is 1. The van der Waals surface area contributed by atoms with Gasteiger partial charge in [0.1, 0.15) is 0 Å². The zero-order valence-corrected chi connectivity index (χ0v) is 10.8. The molecular weight excluding hydrogens is 238 g/mol. The Balaban J connectivity index is 1.83. The summed E-state index contributed by atoms with van der Waals surface area (Å²) < 4.78 is 0. The Bertz CT molecular complexity index is 506. The highest BCUT2D eigenvalue weighted by atomic mass is 16.4. The van der Waals surface area contributed by atoms with Crippen LogP contribution in [-0.4, -0.2) is 11.1 Å². The van der Waals surface area contributed by atoms with E-state index in [1.165, 1.54) is 12.0 Å². The van der Waals surface area contributed by atoms with Crippen LogP contribution in [0.3, 0.4) is 0 Å². The fourth-order valence-electron chi connectivity index (χ4n) is 3.82. The summed E-state index contributed by atoms with van der Waals surface area (Å²) in [7, 11) is 0. The van der Waals surface area contributed by atoms with Crippen molar-refractivity contribution in [3.8, 4) is 0 Å². The summed E-state index contributed by atoms with van der Waals surface area (Å²) in [5.74, 6) is 1.38. The normalized spacial score (nSPS) is 31.8. The molecule has 1 aromatic rings. The van der Waals surface area contributed by atoms with Crippen LogP contribution in [0.5, 0.6) is 0 Å². The molecule has 3 nitrogen and oxygen atoms in total. The molecule has 1 aromatic carbocycles. The van der Waals surface area contributed by atoms with E-state index in [1.54, 1.807) is 0 Å². The van der Waals surface area contributed by atoms with E-state index in [1.807, 2.05) is 12.1 Å². The number of carboxylic acids is 1. The molecule has 0 spiro atoms. The van der Waals surface area contributed by atoms with Crippen LogP contribution < -0.4 is 5.73 Å². The zero-order valence-electron chi connectivity index (χ0n) is 10.8. The Morgan fingerprint density at radius 2 is 1.89 bits per heavy atom. The number of rotatable bonds is 4. The minimum absolute atomic E-state index is 0.271. The molecule has 0 aromatic heterocycles. The van der Waals surface area contributed by atoms with E-state index in [0.717, 1.165) is 12.1 Å². The van der Waals surface area contributed by atoms with Crippen LogP contribution in [0.25, 0.3) is 0 Å². The highest BCUT2D eigenvalue weighted by Gasteiger charge is 2.44. The van der Waals surface area contributed by atoms with Crippen LogP contribution >= 0.6 is 0 Å². The van der Waals surface area contributed by atoms with Gasteiger partial charge < -0.3 is 10.8 Å². The third kappa shape index (κ3) is 2.25. The predicted octanol–water partition coefficient (Wildman–Crippen LogP) is 3.04. The van der Waals surface area contributed by atoms with Crippen molar-refractivity contribution in [2.45, 2.75) is 25.2 Å². The Kier molecular flexibility index (Phi) is 3.05.